The minimum atomic E-state index is 1.22. The summed E-state index contributed by atoms with van der Waals surface area (Å²) >= 11 is 0. The van der Waals surface area contributed by atoms with E-state index in [9.17, 15) is 0 Å². The Morgan fingerprint density at radius 3 is 1.61 bits per heavy atom. The van der Waals surface area contributed by atoms with E-state index in [4.69, 9.17) is 0 Å². The van der Waals surface area contributed by atoms with Crippen molar-refractivity contribution in [1.29, 1.82) is 0 Å². The Morgan fingerprint density at radius 1 is 0.196 bits per heavy atom. The minimum absolute atomic E-state index is 1.22. The van der Waals surface area contributed by atoms with E-state index in [2.05, 4.69) is 182 Å². The predicted octanol–water partition coefficient (Wildman–Crippen LogP) is 13.0. The minimum Gasteiger partial charge on any atom is -0.0622 e. The molecule has 0 aliphatic carbocycles. The zero-order valence-electron chi connectivity index (χ0n) is 25.3. The molecular weight excluding hydrogens is 553 g/mol. The maximum absolute atomic E-state index is 2.38. The van der Waals surface area contributed by atoms with Crippen molar-refractivity contribution in [2.45, 2.75) is 0 Å². The second-order valence-corrected chi connectivity index (χ2v) is 12.2. The molecule has 46 heavy (non-hydrogen) atoms. The number of fused-ring (bicyclic) bond motifs is 5. The molecule has 0 spiro atoms. The first-order valence-corrected chi connectivity index (χ1v) is 15.9. The molecule has 0 unspecified atom stereocenters. The van der Waals surface area contributed by atoms with Crippen molar-refractivity contribution in [3.05, 3.63) is 182 Å². The molecule has 9 aromatic rings. The van der Waals surface area contributed by atoms with Crippen LogP contribution in [0.3, 0.4) is 0 Å². The van der Waals surface area contributed by atoms with Gasteiger partial charge < -0.3 is 0 Å². The van der Waals surface area contributed by atoms with E-state index < -0.39 is 0 Å². The second-order valence-electron chi connectivity index (χ2n) is 12.2. The monoisotopic (exact) mass is 582 g/mol. The average molecular weight is 583 g/mol. The number of rotatable bonds is 4. The smallest absolute Gasteiger partial charge is 0.00928 e. The van der Waals surface area contributed by atoms with E-state index >= 15 is 0 Å². The van der Waals surface area contributed by atoms with E-state index in [0.717, 1.165) is 0 Å². The fourth-order valence-corrected chi connectivity index (χ4v) is 7.07. The summed E-state index contributed by atoms with van der Waals surface area (Å²) in [5.74, 6) is 0. The van der Waals surface area contributed by atoms with Gasteiger partial charge in [0, 0.05) is 0 Å². The molecule has 0 heteroatoms. The Bertz CT molecular complexity index is 2550. The van der Waals surface area contributed by atoms with E-state index in [1.54, 1.807) is 0 Å². The fourth-order valence-electron chi connectivity index (χ4n) is 7.07. The topological polar surface area (TPSA) is 0 Å². The van der Waals surface area contributed by atoms with Gasteiger partial charge in [0.1, 0.15) is 0 Å². The lowest BCUT2D eigenvalue weighted by atomic mass is 9.89. The maximum atomic E-state index is 2.38. The van der Waals surface area contributed by atoms with Crippen molar-refractivity contribution in [2.75, 3.05) is 0 Å². The lowest BCUT2D eigenvalue weighted by molar-refractivity contribution is 1.61. The number of hydrogen-bond donors (Lipinski definition) is 0. The van der Waals surface area contributed by atoms with Gasteiger partial charge in [-0.25, -0.2) is 0 Å². The third-order valence-corrected chi connectivity index (χ3v) is 9.44. The summed E-state index contributed by atoms with van der Waals surface area (Å²) in [6.07, 6.45) is 0. The van der Waals surface area contributed by atoms with Gasteiger partial charge in [0.25, 0.3) is 0 Å². The lowest BCUT2D eigenvalue weighted by Crippen LogP contribution is -1.88. The molecule has 0 saturated carbocycles. The molecule has 0 amide bonds. The van der Waals surface area contributed by atoms with Gasteiger partial charge in [-0.1, -0.05) is 158 Å². The summed E-state index contributed by atoms with van der Waals surface area (Å²) in [4.78, 5) is 0. The van der Waals surface area contributed by atoms with Crippen LogP contribution >= 0.6 is 0 Å². The standard InChI is InChI=1S/C46H30/c1-2-10-35(11-3-1)45-30-40-28-39(42-16-8-14-34-12-6-7-15-41(34)42)24-25-43(40)44-26-23-38(29-46(44)45)33-19-17-32(18-20-33)37-22-21-31-9-4-5-13-36(31)27-37/h1-30H. The number of hydrogen-bond acceptors (Lipinski definition) is 0. The van der Waals surface area contributed by atoms with Gasteiger partial charge in [0.2, 0.25) is 0 Å². The lowest BCUT2D eigenvalue weighted by Gasteiger charge is -2.15. The van der Waals surface area contributed by atoms with Gasteiger partial charge in [0.15, 0.2) is 0 Å². The molecule has 0 atom stereocenters. The van der Waals surface area contributed by atoms with Crippen LogP contribution in [0.15, 0.2) is 182 Å². The largest absolute Gasteiger partial charge is 0.0622 e. The van der Waals surface area contributed by atoms with Crippen molar-refractivity contribution in [2.24, 2.45) is 0 Å². The molecule has 0 aromatic heterocycles. The van der Waals surface area contributed by atoms with Crippen molar-refractivity contribution < 1.29 is 0 Å². The van der Waals surface area contributed by atoms with E-state index in [1.165, 1.54) is 87.6 Å². The highest BCUT2D eigenvalue weighted by molar-refractivity contribution is 6.15. The first-order valence-electron chi connectivity index (χ1n) is 15.9. The number of benzene rings is 9. The van der Waals surface area contributed by atoms with Crippen LogP contribution in [0.25, 0.3) is 87.6 Å². The molecule has 0 aliphatic heterocycles. The average Bonchev–Trinajstić information content (AvgIpc) is 3.14. The summed E-state index contributed by atoms with van der Waals surface area (Å²) in [7, 11) is 0. The van der Waals surface area contributed by atoms with Crippen molar-refractivity contribution >= 4 is 43.1 Å². The predicted molar refractivity (Wildman–Crippen MR) is 198 cm³/mol. The Hall–Kier alpha value is -5.98. The zero-order valence-corrected chi connectivity index (χ0v) is 25.3. The quantitative estimate of drug-likeness (QED) is 0.181. The molecule has 9 aromatic carbocycles. The van der Waals surface area contributed by atoms with E-state index in [1.807, 2.05) is 0 Å². The molecule has 0 heterocycles. The maximum Gasteiger partial charge on any atom is -0.00928 e. The molecule has 214 valence electrons. The Labute approximate surface area is 268 Å². The van der Waals surface area contributed by atoms with E-state index in [0.29, 0.717) is 0 Å². The Kier molecular flexibility index (Phi) is 6.25. The van der Waals surface area contributed by atoms with Crippen LogP contribution in [0.1, 0.15) is 0 Å². The highest BCUT2D eigenvalue weighted by Crippen LogP contribution is 2.40. The van der Waals surface area contributed by atoms with Gasteiger partial charge in [-0.3, -0.25) is 0 Å². The van der Waals surface area contributed by atoms with Crippen molar-refractivity contribution in [3.63, 3.8) is 0 Å². The van der Waals surface area contributed by atoms with Crippen molar-refractivity contribution in [1.82, 2.24) is 0 Å². The molecular formula is C46H30. The van der Waals surface area contributed by atoms with Crippen LogP contribution in [0.2, 0.25) is 0 Å². The van der Waals surface area contributed by atoms with Gasteiger partial charge >= 0.3 is 0 Å². The van der Waals surface area contributed by atoms with E-state index in [-0.39, 0.29) is 0 Å². The highest BCUT2D eigenvalue weighted by atomic mass is 14.2. The van der Waals surface area contributed by atoms with Crippen LogP contribution in [0.4, 0.5) is 0 Å². The SMILES string of the molecule is c1ccc(-c2cc3cc(-c4cccc5ccccc45)ccc3c3ccc(-c4ccc(-c5ccc6ccccc6c5)cc4)cc23)cc1. The third kappa shape index (κ3) is 4.55. The van der Waals surface area contributed by atoms with Crippen LogP contribution in [-0.4, -0.2) is 0 Å². The third-order valence-electron chi connectivity index (χ3n) is 9.44. The molecule has 0 fully saturated rings. The molecule has 0 N–H and O–H groups in total. The Balaban J connectivity index is 1.17. The molecule has 0 saturated heterocycles. The molecule has 0 aliphatic rings. The van der Waals surface area contributed by atoms with Crippen LogP contribution < -0.4 is 0 Å². The van der Waals surface area contributed by atoms with Gasteiger partial charge in [-0.15, -0.1) is 0 Å². The molecule has 0 nitrogen and oxygen atoms in total. The fraction of sp³-hybridized carbons (Fsp3) is 0. The normalized spacial score (nSPS) is 11.5. The first-order chi connectivity index (χ1) is 22.8. The van der Waals surface area contributed by atoms with Gasteiger partial charge in [0.05, 0.1) is 0 Å². The molecule has 0 bridgehead atoms. The van der Waals surface area contributed by atoms with Crippen LogP contribution in [-0.2, 0) is 0 Å². The van der Waals surface area contributed by atoms with Gasteiger partial charge in [-0.2, -0.15) is 0 Å². The first kappa shape index (κ1) is 26.4. The molecule has 0 radical (unpaired) electrons. The summed E-state index contributed by atoms with van der Waals surface area (Å²) < 4.78 is 0. The van der Waals surface area contributed by atoms with Crippen molar-refractivity contribution in [3.8, 4) is 44.5 Å². The Morgan fingerprint density at radius 2 is 0.783 bits per heavy atom. The summed E-state index contributed by atoms with van der Waals surface area (Å²) in [5, 5.41) is 10.2. The van der Waals surface area contributed by atoms with Crippen LogP contribution in [0.5, 0.6) is 0 Å². The zero-order chi connectivity index (χ0) is 30.5. The summed E-state index contributed by atoms with van der Waals surface area (Å²) in [5.41, 5.74) is 9.91. The summed E-state index contributed by atoms with van der Waals surface area (Å²) in [6, 6.07) is 66.6. The summed E-state index contributed by atoms with van der Waals surface area (Å²) in [6.45, 7) is 0. The van der Waals surface area contributed by atoms with Crippen LogP contribution in [0, 0.1) is 0 Å². The van der Waals surface area contributed by atoms with Gasteiger partial charge in [-0.05, 0) is 112 Å². The second kappa shape index (κ2) is 10.9. The highest BCUT2D eigenvalue weighted by Gasteiger charge is 2.13. The molecule has 9 rings (SSSR count).